The minimum absolute atomic E-state index is 0.127. The monoisotopic (exact) mass is 931 g/mol. The number of ether oxygens (including phenoxy) is 1. The lowest BCUT2D eigenvalue weighted by atomic mass is 10.0. The van der Waals surface area contributed by atoms with E-state index in [1.165, 1.54) is 12.8 Å². The maximum atomic E-state index is 12.4. The van der Waals surface area contributed by atoms with E-state index < -0.39 is 5.91 Å². The van der Waals surface area contributed by atoms with E-state index in [4.69, 9.17) is 27.2 Å². The SMILES string of the molecule is CCCCCCNC(=O)c1ccc2cncc(-c3ccc(Cl)cc3)c2n1.NC(=O)c1ccc2cncc(C3=CCOCC3)c2n1.O=C(NCCO)c1ccc2cncc(-c3cccc(O)c3)c2n1. The first kappa shape index (κ1) is 48.2. The van der Waals surface area contributed by atoms with Gasteiger partial charge in [-0.1, -0.05) is 68.1 Å². The van der Waals surface area contributed by atoms with Crippen LogP contribution < -0.4 is 16.4 Å². The summed E-state index contributed by atoms with van der Waals surface area (Å²) in [5, 5.41) is 27.2. The van der Waals surface area contributed by atoms with Crippen LogP contribution in [0.3, 0.4) is 0 Å². The molecular weight excluding hydrogens is 882 g/mol. The van der Waals surface area contributed by atoms with Gasteiger partial charge in [-0.05, 0) is 90.2 Å². The molecule has 16 heteroatoms. The standard InChI is InChI=1S/C21H22ClN3O.C17H15N3O3.C14H13N3O2/c1-2-3-4-5-12-24-21(26)19-11-8-16-13-23-14-18(20(16)25-19)15-6-9-17(22)10-7-15;21-7-6-19-17(23)15-5-4-12-9-18-10-14(16(12)20-15)11-2-1-3-13(22)8-11;15-14(18)12-2-1-10-7-16-8-11(13(10)17-12)9-3-5-19-6-4-9/h6-11,13-14H,2-5,12H2,1H3,(H,24,26);1-5,8-10,21-22H,6-7H2,(H,19,23);1-3,7-8H,4-6H2,(H2,15,18). The Morgan fingerprint density at radius 2 is 1.22 bits per heavy atom. The summed E-state index contributed by atoms with van der Waals surface area (Å²) in [6, 6.07) is 24.8. The first-order chi connectivity index (χ1) is 33.1. The number of benzene rings is 2. The van der Waals surface area contributed by atoms with Crippen molar-refractivity contribution in [3.63, 3.8) is 0 Å². The van der Waals surface area contributed by atoms with Crippen LogP contribution in [0.1, 0.15) is 76.1 Å². The molecule has 346 valence electrons. The summed E-state index contributed by atoms with van der Waals surface area (Å²) >= 11 is 5.98. The number of aliphatic hydroxyl groups excluding tert-OH is 1. The first-order valence-corrected chi connectivity index (χ1v) is 22.5. The number of hydrogen-bond donors (Lipinski definition) is 5. The fourth-order valence-electron chi connectivity index (χ4n) is 7.36. The maximum Gasteiger partial charge on any atom is 0.269 e. The highest BCUT2D eigenvalue weighted by molar-refractivity contribution is 6.30. The summed E-state index contributed by atoms with van der Waals surface area (Å²) in [7, 11) is 0. The Kier molecular flexibility index (Phi) is 16.8. The number of hydrogen-bond acceptors (Lipinski definition) is 12. The van der Waals surface area contributed by atoms with Gasteiger partial charge in [-0.3, -0.25) is 29.3 Å². The lowest BCUT2D eigenvalue weighted by Crippen LogP contribution is -2.27. The van der Waals surface area contributed by atoms with Crippen LogP contribution in [-0.2, 0) is 4.74 Å². The fraction of sp³-hybridized carbons (Fsp3) is 0.212. The predicted molar refractivity (Wildman–Crippen MR) is 264 cm³/mol. The third-order valence-electron chi connectivity index (χ3n) is 10.8. The molecule has 0 saturated heterocycles. The van der Waals surface area contributed by atoms with Crippen molar-refractivity contribution in [1.29, 1.82) is 0 Å². The number of halogens is 1. The Bertz CT molecular complexity index is 3090. The van der Waals surface area contributed by atoms with Gasteiger partial charge in [-0.2, -0.15) is 0 Å². The van der Waals surface area contributed by atoms with Crippen molar-refractivity contribution in [3.05, 3.63) is 156 Å². The second-order valence-corrected chi connectivity index (χ2v) is 16.1. The smallest absolute Gasteiger partial charge is 0.269 e. The molecule has 9 rings (SSSR count). The zero-order valence-corrected chi connectivity index (χ0v) is 38.1. The molecule has 15 nitrogen and oxygen atoms in total. The average Bonchev–Trinajstić information content (AvgIpc) is 3.37. The minimum atomic E-state index is -0.523. The van der Waals surface area contributed by atoms with E-state index in [1.54, 1.807) is 79.6 Å². The molecule has 8 aromatic rings. The summed E-state index contributed by atoms with van der Waals surface area (Å²) in [5.41, 5.74) is 13.8. The van der Waals surface area contributed by atoms with Crippen LogP contribution in [0.2, 0.25) is 5.02 Å². The summed E-state index contributed by atoms with van der Waals surface area (Å²) in [6.45, 7) is 4.19. The zero-order chi connectivity index (χ0) is 47.8. The number of amides is 3. The summed E-state index contributed by atoms with van der Waals surface area (Å²) in [5.74, 6) is -0.858. The Labute approximate surface area is 397 Å². The molecule has 0 radical (unpaired) electrons. The van der Waals surface area contributed by atoms with Crippen LogP contribution in [-0.4, -0.2) is 90.7 Å². The van der Waals surface area contributed by atoms with Crippen LogP contribution in [0, 0.1) is 0 Å². The molecule has 6 N–H and O–H groups in total. The van der Waals surface area contributed by atoms with E-state index in [1.807, 2.05) is 48.5 Å². The maximum absolute atomic E-state index is 12.4. The Hall–Kier alpha value is -7.72. The molecule has 2 aromatic carbocycles. The van der Waals surface area contributed by atoms with Crippen molar-refractivity contribution in [2.45, 2.75) is 39.0 Å². The highest BCUT2D eigenvalue weighted by atomic mass is 35.5. The third-order valence-corrected chi connectivity index (χ3v) is 11.1. The Balaban J connectivity index is 0.000000153. The van der Waals surface area contributed by atoms with Gasteiger partial charge in [0.15, 0.2) is 0 Å². The number of fused-ring (bicyclic) bond motifs is 3. The van der Waals surface area contributed by atoms with E-state index in [2.05, 4.69) is 47.5 Å². The highest BCUT2D eigenvalue weighted by Gasteiger charge is 2.15. The molecule has 1 aliphatic rings. The predicted octanol–water partition coefficient (Wildman–Crippen LogP) is 8.52. The molecule has 0 saturated carbocycles. The van der Waals surface area contributed by atoms with Gasteiger partial charge < -0.3 is 31.3 Å². The van der Waals surface area contributed by atoms with Gasteiger partial charge in [0.1, 0.15) is 22.8 Å². The van der Waals surface area contributed by atoms with Gasteiger partial charge in [-0.25, -0.2) is 15.0 Å². The van der Waals surface area contributed by atoms with Gasteiger partial charge in [0.05, 0.1) is 36.4 Å². The number of aromatic nitrogens is 6. The topological polar surface area (TPSA) is 228 Å². The van der Waals surface area contributed by atoms with E-state index in [0.717, 1.165) is 79.8 Å². The largest absolute Gasteiger partial charge is 0.508 e. The molecule has 3 amide bonds. The van der Waals surface area contributed by atoms with Crippen molar-refractivity contribution in [1.82, 2.24) is 40.5 Å². The van der Waals surface area contributed by atoms with Gasteiger partial charge in [0.2, 0.25) is 0 Å². The number of carbonyl (C=O) groups is 3. The number of phenolic OH excluding ortho intramolecular Hbond substituents is 1. The van der Waals surface area contributed by atoms with Crippen LogP contribution in [0.4, 0.5) is 0 Å². The lowest BCUT2D eigenvalue weighted by molar-refractivity contribution is 0.0935. The number of primary amides is 1. The molecule has 6 aromatic heterocycles. The van der Waals surface area contributed by atoms with E-state index in [-0.39, 0.29) is 42.1 Å². The van der Waals surface area contributed by atoms with Crippen LogP contribution in [0.15, 0.2) is 128 Å². The van der Waals surface area contributed by atoms with Crippen LogP contribution >= 0.6 is 11.6 Å². The van der Waals surface area contributed by atoms with Crippen molar-refractivity contribution in [3.8, 4) is 28.0 Å². The van der Waals surface area contributed by atoms with E-state index in [0.29, 0.717) is 36.0 Å². The number of nitrogens with two attached hydrogens (primary N) is 1. The van der Waals surface area contributed by atoms with Crippen molar-refractivity contribution in [2.24, 2.45) is 5.73 Å². The Morgan fingerprint density at radius 1 is 0.662 bits per heavy atom. The Morgan fingerprint density at radius 3 is 1.78 bits per heavy atom. The number of rotatable bonds is 13. The molecule has 0 spiro atoms. The molecule has 0 aliphatic carbocycles. The molecule has 68 heavy (non-hydrogen) atoms. The molecule has 0 bridgehead atoms. The number of pyridine rings is 6. The molecular formula is C52H50ClN9O6. The van der Waals surface area contributed by atoms with Gasteiger partial charge in [-0.15, -0.1) is 0 Å². The quantitative estimate of drug-likeness (QED) is 0.0686. The molecule has 7 heterocycles. The zero-order valence-electron chi connectivity index (χ0n) is 37.4. The first-order valence-electron chi connectivity index (χ1n) is 22.2. The number of nitrogens with zero attached hydrogens (tertiary/aromatic N) is 6. The van der Waals surface area contributed by atoms with Crippen molar-refractivity contribution < 1.29 is 29.3 Å². The molecule has 0 unspecified atom stereocenters. The van der Waals surface area contributed by atoms with E-state index in [9.17, 15) is 19.5 Å². The minimum Gasteiger partial charge on any atom is -0.508 e. The number of aliphatic hydroxyl groups is 1. The van der Waals surface area contributed by atoms with Crippen LogP contribution in [0.25, 0.3) is 60.5 Å². The molecule has 1 aliphatic heterocycles. The summed E-state index contributed by atoms with van der Waals surface area (Å²) in [6.07, 6.45) is 17.7. The van der Waals surface area contributed by atoms with Crippen molar-refractivity contribution >= 4 is 67.6 Å². The third kappa shape index (κ3) is 12.4. The normalized spacial score (nSPS) is 12.0. The summed E-state index contributed by atoms with van der Waals surface area (Å²) in [4.78, 5) is 61.7. The van der Waals surface area contributed by atoms with Gasteiger partial charge in [0.25, 0.3) is 17.7 Å². The van der Waals surface area contributed by atoms with Crippen LogP contribution in [0.5, 0.6) is 5.75 Å². The highest BCUT2D eigenvalue weighted by Crippen LogP contribution is 2.30. The summed E-state index contributed by atoms with van der Waals surface area (Å²) < 4.78 is 5.30. The number of carbonyl (C=O) groups excluding carboxylic acids is 3. The van der Waals surface area contributed by atoms with Gasteiger partial charge >= 0.3 is 0 Å². The fourth-order valence-corrected chi connectivity index (χ4v) is 7.48. The second-order valence-electron chi connectivity index (χ2n) is 15.6. The molecule has 0 atom stereocenters. The average molecular weight is 932 g/mol. The van der Waals surface area contributed by atoms with Gasteiger partial charge in [0, 0.05) is 88.1 Å². The number of aromatic hydroxyl groups is 1. The number of phenols is 1. The second kappa shape index (κ2) is 23.6. The molecule has 0 fully saturated rings. The number of nitrogens with one attached hydrogen (secondary N) is 2. The van der Waals surface area contributed by atoms with Crippen molar-refractivity contribution in [2.75, 3.05) is 32.9 Å². The lowest BCUT2D eigenvalue weighted by Gasteiger charge is -2.14. The van der Waals surface area contributed by atoms with E-state index >= 15 is 0 Å². The number of unbranched alkanes of at least 4 members (excludes halogenated alkanes) is 3.